The largest absolute Gasteiger partial charge is 0.497 e. The lowest BCUT2D eigenvalue weighted by molar-refractivity contribution is -0.120. The van der Waals surface area contributed by atoms with Gasteiger partial charge in [0, 0.05) is 11.6 Å². The van der Waals surface area contributed by atoms with Crippen molar-refractivity contribution in [3.05, 3.63) is 64.7 Å². The first-order valence-electron chi connectivity index (χ1n) is 8.97. The minimum Gasteiger partial charge on any atom is -0.497 e. The number of likely N-dealkylation sites (N-methyl/N-ethyl adjacent to an activating group) is 1. The number of benzene rings is 2. The Morgan fingerprint density at radius 1 is 1.12 bits per heavy atom. The highest BCUT2D eigenvalue weighted by Crippen LogP contribution is 2.27. The number of nitrogens with zero attached hydrogens (tertiary/aromatic N) is 1. The van der Waals surface area contributed by atoms with E-state index in [1.165, 1.54) is 0 Å². The molecule has 1 unspecified atom stereocenters. The molecule has 2 aromatic carbocycles. The summed E-state index contributed by atoms with van der Waals surface area (Å²) in [5.74, 6) is 0.786. The summed E-state index contributed by atoms with van der Waals surface area (Å²) in [7, 11) is 1.63. The molecule has 0 heterocycles. The second kappa shape index (κ2) is 10.2. The van der Waals surface area contributed by atoms with Gasteiger partial charge in [-0.3, -0.25) is 9.69 Å². The lowest BCUT2D eigenvalue weighted by Crippen LogP contribution is -2.38. The smallest absolute Gasteiger partial charge is 0.224 e. The SMILES string of the molecule is CCN(CC)C(CNC(=O)Cc1ccc(OC)cc1)c1ccccc1Cl. The van der Waals surface area contributed by atoms with Crippen LogP contribution in [0.25, 0.3) is 0 Å². The van der Waals surface area contributed by atoms with Crippen molar-refractivity contribution >= 4 is 17.5 Å². The number of rotatable bonds is 9. The van der Waals surface area contributed by atoms with E-state index in [9.17, 15) is 4.79 Å². The molecule has 1 atom stereocenters. The van der Waals surface area contributed by atoms with Crippen molar-refractivity contribution in [2.24, 2.45) is 0 Å². The van der Waals surface area contributed by atoms with Crippen LogP contribution in [0.5, 0.6) is 5.75 Å². The topological polar surface area (TPSA) is 41.6 Å². The molecule has 5 heteroatoms. The number of carbonyl (C=O) groups is 1. The summed E-state index contributed by atoms with van der Waals surface area (Å²) in [5.41, 5.74) is 2.00. The van der Waals surface area contributed by atoms with Crippen LogP contribution in [0.3, 0.4) is 0 Å². The van der Waals surface area contributed by atoms with Crippen molar-refractivity contribution < 1.29 is 9.53 Å². The van der Waals surface area contributed by atoms with Gasteiger partial charge in [-0.25, -0.2) is 0 Å². The third-order valence-corrected chi connectivity index (χ3v) is 4.88. The number of halogens is 1. The van der Waals surface area contributed by atoms with Gasteiger partial charge in [0.25, 0.3) is 0 Å². The van der Waals surface area contributed by atoms with Gasteiger partial charge in [0.05, 0.1) is 19.6 Å². The second-order valence-electron chi connectivity index (χ2n) is 6.09. The number of methoxy groups -OCH3 is 1. The van der Waals surface area contributed by atoms with Crippen LogP contribution in [0.15, 0.2) is 48.5 Å². The molecule has 4 nitrogen and oxygen atoms in total. The number of hydrogen-bond donors (Lipinski definition) is 1. The van der Waals surface area contributed by atoms with Crippen molar-refractivity contribution in [2.45, 2.75) is 26.3 Å². The summed E-state index contributed by atoms with van der Waals surface area (Å²) >= 11 is 6.40. The molecule has 140 valence electrons. The fraction of sp³-hybridized carbons (Fsp3) is 0.381. The van der Waals surface area contributed by atoms with E-state index < -0.39 is 0 Å². The number of amides is 1. The van der Waals surface area contributed by atoms with Crippen LogP contribution >= 0.6 is 11.6 Å². The molecule has 0 aromatic heterocycles. The van der Waals surface area contributed by atoms with Gasteiger partial charge in [0.1, 0.15) is 5.75 Å². The highest BCUT2D eigenvalue weighted by Gasteiger charge is 2.21. The molecule has 2 aromatic rings. The standard InChI is InChI=1S/C21H27ClN2O2/c1-4-24(5-2)20(18-8-6-7-9-19(18)22)15-23-21(25)14-16-10-12-17(26-3)13-11-16/h6-13,20H,4-5,14-15H2,1-3H3,(H,23,25). The quantitative estimate of drug-likeness (QED) is 0.718. The second-order valence-corrected chi connectivity index (χ2v) is 6.49. The predicted molar refractivity (Wildman–Crippen MR) is 107 cm³/mol. The molecule has 0 radical (unpaired) electrons. The van der Waals surface area contributed by atoms with Crippen molar-refractivity contribution in [2.75, 3.05) is 26.7 Å². The van der Waals surface area contributed by atoms with Crippen molar-refractivity contribution in [1.29, 1.82) is 0 Å². The van der Waals surface area contributed by atoms with E-state index in [1.807, 2.05) is 48.5 Å². The lowest BCUT2D eigenvalue weighted by Gasteiger charge is -2.31. The third kappa shape index (κ3) is 5.48. The minimum absolute atomic E-state index is 0.000577. The monoisotopic (exact) mass is 374 g/mol. The zero-order valence-electron chi connectivity index (χ0n) is 15.7. The van der Waals surface area contributed by atoms with Gasteiger partial charge in [-0.1, -0.05) is 55.8 Å². The Labute approximate surface area is 161 Å². The maximum absolute atomic E-state index is 12.4. The highest BCUT2D eigenvalue weighted by atomic mass is 35.5. The van der Waals surface area contributed by atoms with E-state index in [2.05, 4.69) is 24.1 Å². The normalized spacial score (nSPS) is 12.0. The van der Waals surface area contributed by atoms with E-state index in [4.69, 9.17) is 16.3 Å². The number of nitrogens with one attached hydrogen (secondary N) is 1. The van der Waals surface area contributed by atoms with E-state index in [0.29, 0.717) is 13.0 Å². The average molecular weight is 375 g/mol. The number of carbonyl (C=O) groups excluding carboxylic acids is 1. The van der Waals surface area contributed by atoms with Gasteiger partial charge < -0.3 is 10.1 Å². The Kier molecular flexibility index (Phi) is 7.95. The van der Waals surface area contributed by atoms with Crippen LogP contribution in [0.2, 0.25) is 5.02 Å². The molecule has 0 spiro atoms. The molecule has 0 aliphatic heterocycles. The first-order valence-corrected chi connectivity index (χ1v) is 9.34. The van der Waals surface area contributed by atoms with Gasteiger partial charge in [0.2, 0.25) is 5.91 Å². The Bertz CT molecular complexity index is 699. The number of hydrogen-bond acceptors (Lipinski definition) is 3. The van der Waals surface area contributed by atoms with Crippen molar-refractivity contribution in [3.8, 4) is 5.75 Å². The highest BCUT2D eigenvalue weighted by molar-refractivity contribution is 6.31. The van der Waals surface area contributed by atoms with Gasteiger partial charge in [-0.15, -0.1) is 0 Å². The fourth-order valence-corrected chi connectivity index (χ4v) is 3.31. The zero-order valence-corrected chi connectivity index (χ0v) is 16.4. The van der Waals surface area contributed by atoms with Gasteiger partial charge in [-0.2, -0.15) is 0 Å². The van der Waals surface area contributed by atoms with E-state index in [-0.39, 0.29) is 11.9 Å². The lowest BCUT2D eigenvalue weighted by atomic mass is 10.0. The molecule has 0 aliphatic rings. The molecule has 2 rings (SSSR count). The fourth-order valence-electron chi connectivity index (χ4n) is 3.05. The third-order valence-electron chi connectivity index (χ3n) is 4.53. The summed E-state index contributed by atoms with van der Waals surface area (Å²) in [6, 6.07) is 15.4. The van der Waals surface area contributed by atoms with Crippen LogP contribution in [0, 0.1) is 0 Å². The maximum atomic E-state index is 12.4. The Morgan fingerprint density at radius 3 is 2.35 bits per heavy atom. The molecular formula is C21H27ClN2O2. The first kappa shape index (κ1) is 20.3. The summed E-state index contributed by atoms with van der Waals surface area (Å²) in [4.78, 5) is 14.7. The Morgan fingerprint density at radius 2 is 1.77 bits per heavy atom. The Hall–Kier alpha value is -2.04. The molecule has 0 saturated carbocycles. The van der Waals surface area contributed by atoms with Gasteiger partial charge >= 0.3 is 0 Å². The number of ether oxygens (including phenoxy) is 1. The molecule has 26 heavy (non-hydrogen) atoms. The minimum atomic E-state index is -0.000577. The first-order chi connectivity index (χ1) is 12.6. The van der Waals surface area contributed by atoms with Crippen molar-refractivity contribution in [3.63, 3.8) is 0 Å². The Balaban J connectivity index is 2.03. The molecular weight excluding hydrogens is 348 g/mol. The van der Waals surface area contributed by atoms with Crippen LogP contribution in [0.1, 0.15) is 31.0 Å². The van der Waals surface area contributed by atoms with E-state index in [0.717, 1.165) is 35.0 Å². The molecule has 0 bridgehead atoms. The molecule has 1 amide bonds. The maximum Gasteiger partial charge on any atom is 0.224 e. The zero-order chi connectivity index (χ0) is 18.9. The summed E-state index contributed by atoms with van der Waals surface area (Å²) in [6.07, 6.45) is 0.345. The van der Waals surface area contributed by atoms with E-state index in [1.54, 1.807) is 7.11 Å². The van der Waals surface area contributed by atoms with Gasteiger partial charge in [0.15, 0.2) is 0 Å². The van der Waals surface area contributed by atoms with Crippen LogP contribution in [-0.4, -0.2) is 37.6 Å². The summed E-state index contributed by atoms with van der Waals surface area (Å²) in [6.45, 7) is 6.54. The molecule has 0 fully saturated rings. The van der Waals surface area contributed by atoms with Gasteiger partial charge in [-0.05, 0) is 42.4 Å². The predicted octanol–water partition coefficient (Wildman–Crippen LogP) is 4.09. The van der Waals surface area contributed by atoms with Crippen LogP contribution in [0.4, 0.5) is 0 Å². The van der Waals surface area contributed by atoms with Crippen molar-refractivity contribution in [1.82, 2.24) is 10.2 Å². The average Bonchev–Trinajstić information content (AvgIpc) is 2.66. The summed E-state index contributed by atoms with van der Waals surface area (Å²) in [5, 5.41) is 3.79. The molecule has 0 saturated heterocycles. The van der Waals surface area contributed by atoms with E-state index >= 15 is 0 Å². The molecule has 0 aliphatic carbocycles. The van der Waals surface area contributed by atoms with Crippen LogP contribution < -0.4 is 10.1 Å². The molecule has 1 N–H and O–H groups in total. The summed E-state index contributed by atoms with van der Waals surface area (Å²) < 4.78 is 5.15. The van der Waals surface area contributed by atoms with Crippen LogP contribution in [-0.2, 0) is 11.2 Å².